The highest BCUT2D eigenvalue weighted by molar-refractivity contribution is 6.29. The van der Waals surface area contributed by atoms with Crippen LogP contribution >= 0.6 is 11.6 Å². The average Bonchev–Trinajstić information content (AvgIpc) is 3.22. The van der Waals surface area contributed by atoms with E-state index in [4.69, 9.17) is 21.7 Å². The summed E-state index contributed by atoms with van der Waals surface area (Å²) in [5.41, 5.74) is 4.38. The number of pyridine rings is 1. The number of nitrogens with one attached hydrogen (secondary N) is 1. The Balaban J connectivity index is 1.69. The van der Waals surface area contributed by atoms with Gasteiger partial charge in [-0.1, -0.05) is 23.7 Å². The van der Waals surface area contributed by atoms with Crippen LogP contribution in [0.1, 0.15) is 25.1 Å². The van der Waals surface area contributed by atoms with Gasteiger partial charge in [-0.15, -0.1) is 0 Å². The van der Waals surface area contributed by atoms with Crippen LogP contribution in [0, 0.1) is 18.3 Å². The van der Waals surface area contributed by atoms with E-state index in [1.165, 1.54) is 0 Å². The van der Waals surface area contributed by atoms with Crippen LogP contribution in [0.15, 0.2) is 48.7 Å². The minimum atomic E-state index is -0.852. The molecular weight excluding hydrogens is 462 g/mol. The number of aromatic nitrogens is 4. The Hall–Kier alpha value is -3.51. The topological polar surface area (TPSA) is 102 Å². The van der Waals surface area contributed by atoms with Crippen molar-refractivity contribution in [1.29, 1.82) is 5.26 Å². The fraction of sp³-hybridized carbons (Fsp3) is 0.308. The van der Waals surface area contributed by atoms with Gasteiger partial charge in [-0.3, -0.25) is 0 Å². The lowest BCUT2D eigenvalue weighted by Gasteiger charge is -2.40. The highest BCUT2D eigenvalue weighted by atomic mass is 35.5. The van der Waals surface area contributed by atoms with Gasteiger partial charge in [0.1, 0.15) is 16.7 Å². The molecule has 178 valence electrons. The molecule has 0 bridgehead atoms. The Kier molecular flexibility index (Phi) is 5.93. The zero-order chi connectivity index (χ0) is 24.7. The van der Waals surface area contributed by atoms with Crippen molar-refractivity contribution >= 4 is 23.1 Å². The maximum Gasteiger partial charge on any atom is 0.165 e. The van der Waals surface area contributed by atoms with E-state index in [0.29, 0.717) is 28.6 Å². The number of hydrogen-bond donors (Lipinski definition) is 2. The first-order valence-corrected chi connectivity index (χ1v) is 11.9. The molecule has 0 amide bonds. The van der Waals surface area contributed by atoms with E-state index < -0.39 is 5.60 Å². The fourth-order valence-electron chi connectivity index (χ4n) is 4.50. The molecule has 3 aromatic heterocycles. The maximum absolute atomic E-state index is 10.5. The lowest BCUT2D eigenvalue weighted by molar-refractivity contribution is 0.0363. The highest BCUT2D eigenvalue weighted by Crippen LogP contribution is 2.36. The molecule has 0 radical (unpaired) electrons. The number of benzene rings is 1. The zero-order valence-electron chi connectivity index (χ0n) is 19.8. The summed E-state index contributed by atoms with van der Waals surface area (Å²) in [5, 5.41) is 28.6. The van der Waals surface area contributed by atoms with E-state index >= 15 is 0 Å². The van der Waals surface area contributed by atoms with Gasteiger partial charge in [-0.2, -0.15) is 10.4 Å². The number of nitriles is 1. The van der Waals surface area contributed by atoms with Gasteiger partial charge in [0.05, 0.1) is 28.8 Å². The Morgan fingerprint density at radius 2 is 2.00 bits per heavy atom. The minimum Gasteiger partial charge on any atom is -0.389 e. The molecule has 2 N–H and O–H groups in total. The molecule has 0 aliphatic carbocycles. The maximum atomic E-state index is 10.5. The molecule has 35 heavy (non-hydrogen) atoms. The van der Waals surface area contributed by atoms with Crippen LogP contribution in [0.2, 0.25) is 5.15 Å². The Bertz CT molecular complexity index is 1430. The van der Waals surface area contributed by atoms with E-state index in [0.717, 1.165) is 41.3 Å². The zero-order valence-corrected chi connectivity index (χ0v) is 20.6. The van der Waals surface area contributed by atoms with Crippen molar-refractivity contribution in [2.24, 2.45) is 0 Å². The molecule has 4 aromatic rings. The van der Waals surface area contributed by atoms with Crippen molar-refractivity contribution in [2.45, 2.75) is 32.4 Å². The van der Waals surface area contributed by atoms with E-state index in [1.807, 2.05) is 63.4 Å². The van der Waals surface area contributed by atoms with Crippen molar-refractivity contribution in [3.63, 3.8) is 0 Å². The predicted octanol–water partition coefficient (Wildman–Crippen LogP) is 3.84. The van der Waals surface area contributed by atoms with E-state index in [9.17, 15) is 10.4 Å². The van der Waals surface area contributed by atoms with E-state index in [-0.39, 0.29) is 6.04 Å². The summed E-state index contributed by atoms with van der Waals surface area (Å²) in [7, 11) is 0. The SMILES string of the molecule is Cc1cc(-c2c(-c3cccc(C#N)c3)nn3ccc(N4CCNC(C(C)(C)O)C4)nc23)cc(Cl)n1. The van der Waals surface area contributed by atoms with Crippen LogP contribution in [-0.2, 0) is 0 Å². The van der Waals surface area contributed by atoms with Gasteiger partial charge in [0, 0.05) is 37.1 Å². The first kappa shape index (κ1) is 23.2. The molecule has 1 atom stereocenters. The number of aryl methyl sites for hydroxylation is 1. The molecule has 4 heterocycles. The predicted molar refractivity (Wildman–Crippen MR) is 136 cm³/mol. The van der Waals surface area contributed by atoms with Crippen LogP contribution in [0.4, 0.5) is 5.82 Å². The molecule has 1 saturated heterocycles. The molecule has 0 spiro atoms. The number of piperazine rings is 1. The summed E-state index contributed by atoms with van der Waals surface area (Å²) in [6, 6.07) is 15.2. The van der Waals surface area contributed by atoms with E-state index in [1.54, 1.807) is 10.6 Å². The second-order valence-corrected chi connectivity index (χ2v) is 9.78. The van der Waals surface area contributed by atoms with Gasteiger partial charge in [0.15, 0.2) is 5.65 Å². The van der Waals surface area contributed by atoms with Gasteiger partial charge >= 0.3 is 0 Å². The van der Waals surface area contributed by atoms with Crippen LogP contribution in [0.3, 0.4) is 0 Å². The number of anilines is 1. The summed E-state index contributed by atoms with van der Waals surface area (Å²) < 4.78 is 1.76. The number of halogens is 1. The van der Waals surface area contributed by atoms with Gasteiger partial charge in [-0.25, -0.2) is 14.5 Å². The number of fused-ring (bicyclic) bond motifs is 1. The largest absolute Gasteiger partial charge is 0.389 e. The molecule has 9 heteroatoms. The monoisotopic (exact) mass is 487 g/mol. The Morgan fingerprint density at radius 1 is 1.17 bits per heavy atom. The minimum absolute atomic E-state index is 0.0791. The molecule has 8 nitrogen and oxygen atoms in total. The second-order valence-electron chi connectivity index (χ2n) is 9.40. The van der Waals surface area contributed by atoms with Gasteiger partial charge in [0.2, 0.25) is 0 Å². The summed E-state index contributed by atoms with van der Waals surface area (Å²) in [6.45, 7) is 7.68. The van der Waals surface area contributed by atoms with Crippen LogP contribution in [0.5, 0.6) is 0 Å². The second kappa shape index (κ2) is 8.93. The Morgan fingerprint density at radius 3 is 2.74 bits per heavy atom. The van der Waals surface area contributed by atoms with Crippen molar-refractivity contribution < 1.29 is 5.11 Å². The number of hydrogen-bond acceptors (Lipinski definition) is 7. The normalized spacial score (nSPS) is 16.5. The fourth-order valence-corrected chi connectivity index (χ4v) is 4.75. The molecule has 1 aromatic carbocycles. The van der Waals surface area contributed by atoms with Gasteiger partial charge in [0.25, 0.3) is 0 Å². The molecule has 0 saturated carbocycles. The third-order valence-electron chi connectivity index (χ3n) is 6.30. The summed E-state index contributed by atoms with van der Waals surface area (Å²) >= 11 is 6.34. The quantitative estimate of drug-likeness (QED) is 0.421. The van der Waals surface area contributed by atoms with Gasteiger partial charge < -0.3 is 15.3 Å². The summed E-state index contributed by atoms with van der Waals surface area (Å²) in [4.78, 5) is 11.5. The van der Waals surface area contributed by atoms with Gasteiger partial charge in [-0.05, 0) is 56.7 Å². The summed E-state index contributed by atoms with van der Waals surface area (Å²) in [5.74, 6) is 0.809. The van der Waals surface area contributed by atoms with Crippen molar-refractivity contribution in [2.75, 3.05) is 24.5 Å². The highest BCUT2D eigenvalue weighted by Gasteiger charge is 2.32. The Labute approximate surface area is 208 Å². The number of aliphatic hydroxyl groups is 1. The molecule has 1 fully saturated rings. The van der Waals surface area contributed by atoms with Crippen molar-refractivity contribution in [3.05, 3.63) is 65.1 Å². The van der Waals surface area contributed by atoms with Crippen molar-refractivity contribution in [1.82, 2.24) is 24.9 Å². The first-order valence-electron chi connectivity index (χ1n) is 11.5. The molecule has 5 rings (SSSR count). The average molecular weight is 488 g/mol. The molecule has 1 unspecified atom stereocenters. The van der Waals surface area contributed by atoms with Crippen molar-refractivity contribution in [3.8, 4) is 28.5 Å². The smallest absolute Gasteiger partial charge is 0.165 e. The third-order valence-corrected chi connectivity index (χ3v) is 6.49. The lowest BCUT2D eigenvalue weighted by atomic mass is 9.97. The van der Waals surface area contributed by atoms with Crippen LogP contribution < -0.4 is 10.2 Å². The first-order chi connectivity index (χ1) is 16.7. The van der Waals surface area contributed by atoms with E-state index in [2.05, 4.69) is 21.3 Å². The third kappa shape index (κ3) is 4.58. The van der Waals surface area contributed by atoms with Crippen LogP contribution in [-0.4, -0.2) is 56.0 Å². The molecular formula is C26H26ClN7O. The molecule has 1 aliphatic heterocycles. The number of nitrogens with zero attached hydrogens (tertiary/aromatic N) is 6. The van der Waals surface area contributed by atoms with Crippen LogP contribution in [0.25, 0.3) is 28.0 Å². The lowest BCUT2D eigenvalue weighted by Crippen LogP contribution is -2.59. The number of rotatable bonds is 4. The standard InChI is InChI=1S/C26H26ClN7O/c1-16-11-19(13-21(27)30-16)23-24(18-6-4-5-17(12-18)14-28)32-34-9-7-22(31-25(23)34)33-10-8-29-20(15-33)26(2,3)35/h4-7,9,11-13,20,29,35H,8,10,15H2,1-3H3. The summed E-state index contributed by atoms with van der Waals surface area (Å²) in [6.07, 6.45) is 1.90. The molecule has 1 aliphatic rings.